The number of aryl methyl sites for hydroxylation is 1. The molecule has 2 aliphatic rings. The van der Waals surface area contributed by atoms with Gasteiger partial charge in [-0.25, -0.2) is 14.2 Å². The number of imidazole rings is 1. The predicted molar refractivity (Wildman–Crippen MR) is 97.1 cm³/mol. The maximum Gasteiger partial charge on any atom is 0.320 e. The molecule has 2 amide bonds. The second-order valence-electron chi connectivity index (χ2n) is 7.43. The Kier molecular flexibility index (Phi) is 4.66. The van der Waals surface area contributed by atoms with E-state index >= 15 is 0 Å². The van der Waals surface area contributed by atoms with Crippen LogP contribution in [-0.4, -0.2) is 44.4 Å². The molecular formula is C20H25FN4O. The number of hydrogen-bond donors (Lipinski definition) is 1. The lowest BCUT2D eigenvalue weighted by molar-refractivity contribution is 0.126. The number of hydrogen-bond acceptors (Lipinski definition) is 2. The molecule has 6 heteroatoms. The number of H-pyrrole nitrogens is 1. The molecule has 0 radical (unpaired) electrons. The van der Waals surface area contributed by atoms with Crippen molar-refractivity contribution in [1.82, 2.24) is 19.8 Å². The Morgan fingerprint density at radius 3 is 2.92 bits per heavy atom. The molecule has 0 saturated carbocycles. The van der Waals surface area contributed by atoms with E-state index in [1.54, 1.807) is 6.33 Å². The van der Waals surface area contributed by atoms with Crippen molar-refractivity contribution >= 4 is 6.03 Å². The number of likely N-dealkylation sites (tertiary alicyclic amines) is 1. The Labute approximate surface area is 153 Å². The monoisotopic (exact) mass is 356 g/mol. The summed E-state index contributed by atoms with van der Waals surface area (Å²) in [6, 6.07) is 7.35. The number of benzene rings is 1. The molecular weight excluding hydrogens is 331 g/mol. The van der Waals surface area contributed by atoms with Crippen molar-refractivity contribution in [3.05, 3.63) is 53.4 Å². The molecule has 0 spiro atoms. The first-order valence-corrected chi connectivity index (χ1v) is 9.44. The largest absolute Gasteiger partial charge is 0.347 e. The van der Waals surface area contributed by atoms with E-state index in [2.05, 4.69) is 21.8 Å². The molecule has 4 rings (SSSR count). The molecule has 1 aromatic carbocycles. The zero-order valence-electron chi connectivity index (χ0n) is 15.1. The number of amides is 2. The standard InChI is InChI=1S/C20H25FN4O/c1-14-2-8-17(9-5-15-3-6-16(21)7-4-15)25(14)20(26)24-11-10-18-19(12-24)23-13-22-18/h3-4,6-7,13-14,17H,2,5,8-12H2,1H3,(H,22,23)/t14-,17-/m1/s1. The highest BCUT2D eigenvalue weighted by Crippen LogP contribution is 2.29. The van der Waals surface area contributed by atoms with Gasteiger partial charge in [0.1, 0.15) is 5.82 Å². The van der Waals surface area contributed by atoms with Crippen LogP contribution in [0.4, 0.5) is 9.18 Å². The van der Waals surface area contributed by atoms with E-state index in [0.29, 0.717) is 6.54 Å². The van der Waals surface area contributed by atoms with Gasteiger partial charge in [-0.3, -0.25) is 0 Å². The second kappa shape index (κ2) is 7.09. The lowest BCUT2D eigenvalue weighted by atomic mass is 10.0. The van der Waals surface area contributed by atoms with Crippen molar-refractivity contribution in [3.63, 3.8) is 0 Å². The van der Waals surface area contributed by atoms with Gasteiger partial charge in [0.15, 0.2) is 0 Å². The fraction of sp³-hybridized carbons (Fsp3) is 0.500. The number of aromatic amines is 1. The number of nitrogens with zero attached hydrogens (tertiary/aromatic N) is 3. The Morgan fingerprint density at radius 1 is 1.31 bits per heavy atom. The SMILES string of the molecule is C[C@@H]1CC[C@H](CCc2ccc(F)cc2)N1C(=O)N1CCc2nc[nH]c2C1. The molecule has 2 aliphatic heterocycles. The molecule has 0 bridgehead atoms. The smallest absolute Gasteiger partial charge is 0.320 e. The Morgan fingerprint density at radius 2 is 2.12 bits per heavy atom. The third kappa shape index (κ3) is 3.32. The fourth-order valence-corrected chi connectivity index (χ4v) is 4.22. The average Bonchev–Trinajstić information content (AvgIpc) is 3.26. The van der Waals surface area contributed by atoms with Gasteiger partial charge < -0.3 is 14.8 Å². The minimum Gasteiger partial charge on any atom is -0.347 e. The van der Waals surface area contributed by atoms with Crippen LogP contribution in [0, 0.1) is 5.82 Å². The van der Waals surface area contributed by atoms with E-state index < -0.39 is 0 Å². The van der Waals surface area contributed by atoms with Gasteiger partial charge in [-0.2, -0.15) is 0 Å². The zero-order chi connectivity index (χ0) is 18.1. The topological polar surface area (TPSA) is 52.2 Å². The summed E-state index contributed by atoms with van der Waals surface area (Å²) in [5.74, 6) is -0.205. The van der Waals surface area contributed by atoms with Gasteiger partial charge in [-0.1, -0.05) is 12.1 Å². The van der Waals surface area contributed by atoms with Crippen LogP contribution in [-0.2, 0) is 19.4 Å². The van der Waals surface area contributed by atoms with E-state index in [1.165, 1.54) is 12.1 Å². The first-order valence-electron chi connectivity index (χ1n) is 9.44. The van der Waals surface area contributed by atoms with Gasteiger partial charge in [0.25, 0.3) is 0 Å². The van der Waals surface area contributed by atoms with Gasteiger partial charge >= 0.3 is 6.03 Å². The summed E-state index contributed by atoms with van der Waals surface area (Å²) in [4.78, 5) is 24.7. The van der Waals surface area contributed by atoms with Crippen molar-refractivity contribution in [2.45, 2.75) is 57.7 Å². The van der Waals surface area contributed by atoms with Gasteiger partial charge in [0.2, 0.25) is 0 Å². The normalized spacial score (nSPS) is 22.5. The molecule has 1 fully saturated rings. The molecule has 1 N–H and O–H groups in total. The number of halogens is 1. The van der Waals surface area contributed by atoms with E-state index in [4.69, 9.17) is 0 Å². The molecule has 138 valence electrons. The zero-order valence-corrected chi connectivity index (χ0v) is 15.1. The molecule has 3 heterocycles. The Bertz CT molecular complexity index is 772. The summed E-state index contributed by atoms with van der Waals surface area (Å²) in [6.45, 7) is 3.48. The molecule has 0 aliphatic carbocycles. The number of rotatable bonds is 3. The van der Waals surface area contributed by atoms with E-state index in [1.807, 2.05) is 17.0 Å². The fourth-order valence-electron chi connectivity index (χ4n) is 4.22. The van der Waals surface area contributed by atoms with Crippen molar-refractivity contribution in [2.24, 2.45) is 0 Å². The molecule has 1 aromatic heterocycles. The summed E-state index contributed by atoms with van der Waals surface area (Å²) in [7, 11) is 0. The highest BCUT2D eigenvalue weighted by molar-refractivity contribution is 5.75. The number of carbonyl (C=O) groups is 1. The van der Waals surface area contributed by atoms with E-state index in [0.717, 1.165) is 55.6 Å². The van der Waals surface area contributed by atoms with E-state index in [9.17, 15) is 9.18 Å². The van der Waals surface area contributed by atoms with Crippen LogP contribution in [0.15, 0.2) is 30.6 Å². The summed E-state index contributed by atoms with van der Waals surface area (Å²) in [6.07, 6.45) is 6.40. The molecule has 1 saturated heterocycles. The summed E-state index contributed by atoms with van der Waals surface area (Å²) in [5, 5.41) is 0. The van der Waals surface area contributed by atoms with Gasteiger partial charge in [0, 0.05) is 25.0 Å². The number of nitrogens with one attached hydrogen (secondary N) is 1. The second-order valence-corrected chi connectivity index (χ2v) is 7.43. The maximum absolute atomic E-state index is 13.2. The molecule has 2 aromatic rings. The van der Waals surface area contributed by atoms with E-state index in [-0.39, 0.29) is 23.9 Å². The number of urea groups is 1. The lowest BCUT2D eigenvalue weighted by Crippen LogP contribution is -2.49. The van der Waals surface area contributed by atoms with Crippen LogP contribution in [0.25, 0.3) is 0 Å². The average molecular weight is 356 g/mol. The molecule has 2 atom stereocenters. The highest BCUT2D eigenvalue weighted by Gasteiger charge is 2.37. The minimum atomic E-state index is -0.205. The van der Waals surface area contributed by atoms with Gasteiger partial charge in [-0.15, -0.1) is 0 Å². The summed E-state index contributed by atoms with van der Waals surface area (Å²) >= 11 is 0. The number of aromatic nitrogens is 2. The quantitative estimate of drug-likeness (QED) is 0.915. The lowest BCUT2D eigenvalue weighted by Gasteiger charge is -2.36. The van der Waals surface area contributed by atoms with Crippen molar-refractivity contribution < 1.29 is 9.18 Å². The van der Waals surface area contributed by atoms with Crippen molar-refractivity contribution in [2.75, 3.05) is 6.54 Å². The van der Waals surface area contributed by atoms with Crippen LogP contribution in [0.2, 0.25) is 0 Å². The van der Waals surface area contributed by atoms with Crippen molar-refractivity contribution in [1.29, 1.82) is 0 Å². The summed E-state index contributed by atoms with van der Waals surface area (Å²) < 4.78 is 13.1. The first kappa shape index (κ1) is 17.1. The summed E-state index contributed by atoms with van der Waals surface area (Å²) in [5.41, 5.74) is 3.26. The molecule has 5 nitrogen and oxygen atoms in total. The molecule has 26 heavy (non-hydrogen) atoms. The van der Waals surface area contributed by atoms with Crippen molar-refractivity contribution in [3.8, 4) is 0 Å². The van der Waals surface area contributed by atoms with Crippen LogP contribution in [0.1, 0.15) is 43.1 Å². The van der Waals surface area contributed by atoms with Gasteiger partial charge in [0.05, 0.1) is 24.3 Å². The van der Waals surface area contributed by atoms with Crippen LogP contribution in [0.5, 0.6) is 0 Å². The van der Waals surface area contributed by atoms with Crippen LogP contribution in [0.3, 0.4) is 0 Å². The minimum absolute atomic E-state index is 0.138. The number of fused-ring (bicyclic) bond motifs is 1. The number of carbonyl (C=O) groups excluding carboxylic acids is 1. The van der Waals surface area contributed by atoms with Crippen LogP contribution < -0.4 is 0 Å². The third-order valence-corrected chi connectivity index (χ3v) is 5.73. The highest BCUT2D eigenvalue weighted by atomic mass is 19.1. The first-order chi connectivity index (χ1) is 12.6. The Hall–Kier alpha value is -2.37. The third-order valence-electron chi connectivity index (χ3n) is 5.73. The van der Waals surface area contributed by atoms with Crippen LogP contribution >= 0.6 is 0 Å². The molecule has 0 unspecified atom stereocenters. The predicted octanol–water partition coefficient (Wildman–Crippen LogP) is 3.51. The van der Waals surface area contributed by atoms with Gasteiger partial charge in [-0.05, 0) is 50.3 Å². The Balaban J connectivity index is 1.42. The maximum atomic E-state index is 13.2.